The van der Waals surface area contributed by atoms with Gasteiger partial charge < -0.3 is 10.2 Å². The predicted molar refractivity (Wildman–Crippen MR) is 94.2 cm³/mol. The lowest BCUT2D eigenvalue weighted by molar-refractivity contribution is 0.620. The van der Waals surface area contributed by atoms with Gasteiger partial charge in [0.15, 0.2) is 5.58 Å². The number of hydrogen-bond acceptors (Lipinski definition) is 3. The van der Waals surface area contributed by atoms with Gasteiger partial charge in [-0.2, -0.15) is 0 Å². The number of benzene rings is 2. The molecule has 7 heteroatoms. The van der Waals surface area contributed by atoms with Crippen LogP contribution in [0.15, 0.2) is 50.3 Å². The lowest BCUT2D eigenvalue weighted by Crippen LogP contribution is -2.12. The van der Waals surface area contributed by atoms with Gasteiger partial charge in [0.25, 0.3) is 0 Å². The number of oxazole rings is 1. The van der Waals surface area contributed by atoms with Crippen LogP contribution >= 0.6 is 39.1 Å². The average molecular weight is 399 g/mol. The topological polar surface area (TPSA) is 64.4 Å². The monoisotopic (exact) mass is 397 g/mol. The number of aromatic nitrogens is 1. The maximum absolute atomic E-state index is 6.20. The highest BCUT2D eigenvalue weighted by molar-refractivity contribution is 9.10. The van der Waals surface area contributed by atoms with Gasteiger partial charge in [0.05, 0.1) is 22.2 Å². The molecule has 112 valence electrons. The van der Waals surface area contributed by atoms with E-state index in [1.165, 1.54) is 0 Å². The SMILES string of the molecule is NC(CCl)=Nc1ccc2oc(-c3cc(Br)ccc3Cl)nc2c1. The molecule has 0 radical (unpaired) electrons. The van der Waals surface area contributed by atoms with E-state index in [9.17, 15) is 0 Å². The Morgan fingerprint density at radius 1 is 1.27 bits per heavy atom. The van der Waals surface area contributed by atoms with Gasteiger partial charge in [-0.15, -0.1) is 11.6 Å². The van der Waals surface area contributed by atoms with E-state index in [-0.39, 0.29) is 5.88 Å². The van der Waals surface area contributed by atoms with Gasteiger partial charge in [-0.1, -0.05) is 27.5 Å². The zero-order valence-corrected chi connectivity index (χ0v) is 14.3. The van der Waals surface area contributed by atoms with Crippen molar-refractivity contribution < 1.29 is 4.42 Å². The maximum Gasteiger partial charge on any atom is 0.228 e. The van der Waals surface area contributed by atoms with Gasteiger partial charge in [-0.05, 0) is 36.4 Å². The summed E-state index contributed by atoms with van der Waals surface area (Å²) in [5.74, 6) is 0.975. The van der Waals surface area contributed by atoms with Gasteiger partial charge >= 0.3 is 0 Å². The molecule has 0 bridgehead atoms. The summed E-state index contributed by atoms with van der Waals surface area (Å²) in [5, 5.41) is 0.569. The molecule has 0 aliphatic heterocycles. The fourth-order valence-corrected chi connectivity index (χ4v) is 2.58. The zero-order chi connectivity index (χ0) is 15.7. The second kappa shape index (κ2) is 6.28. The van der Waals surface area contributed by atoms with E-state index in [1.807, 2.05) is 12.1 Å². The van der Waals surface area contributed by atoms with Crippen LogP contribution in [0.5, 0.6) is 0 Å². The third kappa shape index (κ3) is 3.11. The van der Waals surface area contributed by atoms with E-state index in [1.54, 1.807) is 24.3 Å². The van der Waals surface area contributed by atoms with Gasteiger partial charge in [-0.25, -0.2) is 9.98 Å². The number of hydrogen-bond donors (Lipinski definition) is 1. The molecule has 0 amide bonds. The highest BCUT2D eigenvalue weighted by atomic mass is 79.9. The van der Waals surface area contributed by atoms with E-state index in [2.05, 4.69) is 25.9 Å². The standard InChI is InChI=1S/C15H10BrCl2N3O/c16-8-1-3-11(18)10(5-8)15-21-12-6-9(20-14(19)7-17)2-4-13(12)22-15/h1-6H,7H2,(H2,19,20). The molecular formula is C15H10BrCl2N3O. The minimum Gasteiger partial charge on any atom is -0.436 e. The van der Waals surface area contributed by atoms with Crippen molar-refractivity contribution in [3.8, 4) is 11.5 Å². The molecule has 0 unspecified atom stereocenters. The average Bonchev–Trinajstić information content (AvgIpc) is 2.92. The molecule has 1 aromatic heterocycles. The highest BCUT2D eigenvalue weighted by Gasteiger charge is 2.12. The first-order chi connectivity index (χ1) is 10.6. The van der Waals surface area contributed by atoms with Crippen molar-refractivity contribution in [3.05, 3.63) is 45.9 Å². The van der Waals surface area contributed by atoms with Gasteiger partial charge in [-0.3, -0.25) is 0 Å². The minimum absolute atomic E-state index is 0.176. The summed E-state index contributed by atoms with van der Waals surface area (Å²) in [5.41, 5.74) is 8.35. The second-order valence-corrected chi connectivity index (χ2v) is 6.12. The Hall–Kier alpha value is -1.56. The Labute approximate surface area is 145 Å². The van der Waals surface area contributed by atoms with E-state index in [0.717, 1.165) is 10.0 Å². The third-order valence-electron chi connectivity index (χ3n) is 2.94. The minimum atomic E-state index is 0.176. The van der Waals surface area contributed by atoms with E-state index >= 15 is 0 Å². The van der Waals surface area contributed by atoms with Crippen molar-refractivity contribution in [3.63, 3.8) is 0 Å². The summed E-state index contributed by atoms with van der Waals surface area (Å²) in [7, 11) is 0. The Morgan fingerprint density at radius 2 is 2.09 bits per heavy atom. The molecule has 3 rings (SSSR count). The number of alkyl halides is 1. The van der Waals surface area contributed by atoms with E-state index in [0.29, 0.717) is 33.5 Å². The van der Waals surface area contributed by atoms with Crippen LogP contribution in [0.25, 0.3) is 22.6 Å². The molecule has 0 saturated heterocycles. The van der Waals surface area contributed by atoms with Crippen molar-refractivity contribution in [2.24, 2.45) is 10.7 Å². The van der Waals surface area contributed by atoms with Crippen LogP contribution in [0, 0.1) is 0 Å². The molecular weight excluding hydrogens is 389 g/mol. The molecule has 4 nitrogen and oxygen atoms in total. The predicted octanol–water partition coefficient (Wildman–Crippen LogP) is 5.14. The molecule has 0 aliphatic rings. The number of fused-ring (bicyclic) bond motifs is 1. The number of aliphatic imine (C=N–C) groups is 1. The van der Waals surface area contributed by atoms with Crippen LogP contribution in [-0.2, 0) is 0 Å². The van der Waals surface area contributed by atoms with Gasteiger partial charge in [0.2, 0.25) is 5.89 Å². The van der Waals surface area contributed by atoms with Crippen LogP contribution in [0.2, 0.25) is 5.02 Å². The first-order valence-electron chi connectivity index (χ1n) is 6.32. The lowest BCUT2D eigenvalue weighted by atomic mass is 10.2. The largest absolute Gasteiger partial charge is 0.436 e. The van der Waals surface area contributed by atoms with Crippen LogP contribution < -0.4 is 5.73 Å². The number of nitrogens with zero attached hydrogens (tertiary/aromatic N) is 2. The normalized spacial score (nSPS) is 12.0. The summed E-state index contributed by atoms with van der Waals surface area (Å²) in [6.07, 6.45) is 0. The van der Waals surface area contributed by atoms with Gasteiger partial charge in [0, 0.05) is 4.47 Å². The van der Waals surface area contributed by atoms with Crippen LogP contribution in [0.1, 0.15) is 0 Å². The van der Waals surface area contributed by atoms with Crippen molar-refractivity contribution >= 4 is 61.8 Å². The fourth-order valence-electron chi connectivity index (χ4n) is 1.96. The lowest BCUT2D eigenvalue weighted by Gasteiger charge is -1.99. The molecule has 0 aliphatic carbocycles. The number of nitrogens with two attached hydrogens (primary N) is 1. The summed E-state index contributed by atoms with van der Waals surface area (Å²) in [6, 6.07) is 10.9. The third-order valence-corrected chi connectivity index (χ3v) is 4.04. The number of halogens is 3. The molecule has 22 heavy (non-hydrogen) atoms. The Kier molecular flexibility index (Phi) is 4.38. The summed E-state index contributed by atoms with van der Waals surface area (Å²) in [4.78, 5) is 8.65. The fraction of sp³-hybridized carbons (Fsp3) is 0.0667. The summed E-state index contributed by atoms with van der Waals surface area (Å²) >= 11 is 15.2. The Balaban J connectivity index is 2.08. The first kappa shape index (κ1) is 15.3. The van der Waals surface area contributed by atoms with Crippen molar-refractivity contribution in [1.82, 2.24) is 4.98 Å². The number of rotatable bonds is 3. The van der Waals surface area contributed by atoms with Crippen LogP contribution in [0.4, 0.5) is 5.69 Å². The molecule has 0 saturated carbocycles. The van der Waals surface area contributed by atoms with Crippen molar-refractivity contribution in [2.45, 2.75) is 0 Å². The van der Waals surface area contributed by atoms with Gasteiger partial charge in [0.1, 0.15) is 11.4 Å². The maximum atomic E-state index is 6.20. The van der Waals surface area contributed by atoms with E-state index in [4.69, 9.17) is 33.4 Å². The Morgan fingerprint density at radius 3 is 2.86 bits per heavy atom. The molecule has 2 N–H and O–H groups in total. The molecule has 2 aromatic carbocycles. The molecule has 0 fully saturated rings. The molecule has 3 aromatic rings. The zero-order valence-electron chi connectivity index (χ0n) is 11.2. The number of amidine groups is 1. The second-order valence-electron chi connectivity index (χ2n) is 4.53. The molecule has 0 spiro atoms. The molecule has 1 heterocycles. The van der Waals surface area contributed by atoms with Crippen molar-refractivity contribution in [2.75, 3.05) is 5.88 Å². The van der Waals surface area contributed by atoms with Crippen molar-refractivity contribution in [1.29, 1.82) is 0 Å². The summed E-state index contributed by atoms with van der Waals surface area (Å²) in [6.45, 7) is 0. The first-order valence-corrected chi connectivity index (χ1v) is 8.02. The molecule has 0 atom stereocenters. The van der Waals surface area contributed by atoms with Crippen LogP contribution in [0.3, 0.4) is 0 Å². The summed E-state index contributed by atoms with van der Waals surface area (Å²) < 4.78 is 6.65. The smallest absolute Gasteiger partial charge is 0.228 e. The highest BCUT2D eigenvalue weighted by Crippen LogP contribution is 2.33. The Bertz CT molecular complexity index is 876. The van der Waals surface area contributed by atoms with E-state index < -0.39 is 0 Å². The van der Waals surface area contributed by atoms with Crippen LogP contribution in [-0.4, -0.2) is 16.7 Å². The quantitative estimate of drug-likeness (QED) is 0.377.